The van der Waals surface area contributed by atoms with Crippen molar-refractivity contribution in [2.45, 2.75) is 38.9 Å². The summed E-state index contributed by atoms with van der Waals surface area (Å²) in [6.45, 7) is 9.81. The van der Waals surface area contributed by atoms with E-state index in [2.05, 4.69) is 29.7 Å². The Labute approximate surface area is 98.0 Å². The highest BCUT2D eigenvalue weighted by atomic mass is 32.2. The molecule has 1 rings (SSSR count). The minimum absolute atomic E-state index is 0.160. The average Bonchev–Trinajstić information content (AvgIpc) is 2.27. The molecule has 2 nitrogen and oxygen atoms in total. The SMILES string of the molecule is CCC1CN(CCC(C)(C)C#N)CCS1. The van der Waals surface area contributed by atoms with Gasteiger partial charge in [-0.25, -0.2) is 0 Å². The van der Waals surface area contributed by atoms with E-state index in [9.17, 15) is 0 Å². The Morgan fingerprint density at radius 2 is 2.27 bits per heavy atom. The van der Waals surface area contributed by atoms with Crippen molar-refractivity contribution in [1.82, 2.24) is 4.90 Å². The standard InChI is InChI=1S/C12H22N2S/c1-4-11-9-14(7-8-15-11)6-5-12(2,3)10-13/h11H,4-9H2,1-3H3. The van der Waals surface area contributed by atoms with Gasteiger partial charge in [-0.2, -0.15) is 17.0 Å². The Bertz CT molecular complexity index is 232. The number of rotatable bonds is 4. The lowest BCUT2D eigenvalue weighted by molar-refractivity contribution is 0.248. The van der Waals surface area contributed by atoms with Crippen LogP contribution in [0.15, 0.2) is 0 Å². The number of nitrogens with zero attached hydrogens (tertiary/aromatic N) is 2. The van der Waals surface area contributed by atoms with Gasteiger partial charge in [0.05, 0.1) is 11.5 Å². The summed E-state index contributed by atoms with van der Waals surface area (Å²) < 4.78 is 0. The van der Waals surface area contributed by atoms with Crippen LogP contribution in [0.3, 0.4) is 0 Å². The van der Waals surface area contributed by atoms with Crippen LogP contribution in [0.25, 0.3) is 0 Å². The van der Waals surface area contributed by atoms with E-state index in [4.69, 9.17) is 5.26 Å². The molecule has 0 aromatic carbocycles. The van der Waals surface area contributed by atoms with Gasteiger partial charge in [0.25, 0.3) is 0 Å². The molecule has 0 radical (unpaired) electrons. The molecule has 1 aliphatic rings. The Hall–Kier alpha value is -0.200. The summed E-state index contributed by atoms with van der Waals surface area (Å²) in [5.74, 6) is 1.26. The maximum Gasteiger partial charge on any atom is 0.0684 e. The van der Waals surface area contributed by atoms with Crippen LogP contribution in [-0.2, 0) is 0 Å². The van der Waals surface area contributed by atoms with Gasteiger partial charge in [0.15, 0.2) is 0 Å². The third-order valence-corrected chi connectivity index (χ3v) is 4.41. The molecule has 1 saturated heterocycles. The first-order chi connectivity index (χ1) is 7.07. The fourth-order valence-corrected chi connectivity index (χ4v) is 2.97. The molecule has 3 heteroatoms. The molecule has 0 aliphatic carbocycles. The molecule has 15 heavy (non-hydrogen) atoms. The molecule has 0 aromatic rings. The van der Waals surface area contributed by atoms with Crippen LogP contribution < -0.4 is 0 Å². The molecular weight excluding hydrogens is 204 g/mol. The Kier molecular flexibility index (Phi) is 4.95. The minimum Gasteiger partial charge on any atom is -0.301 e. The maximum absolute atomic E-state index is 8.95. The van der Waals surface area contributed by atoms with Crippen molar-refractivity contribution in [3.63, 3.8) is 0 Å². The summed E-state index contributed by atoms with van der Waals surface area (Å²) in [5.41, 5.74) is -0.160. The lowest BCUT2D eigenvalue weighted by atomic mass is 9.91. The van der Waals surface area contributed by atoms with Crippen LogP contribution in [0.4, 0.5) is 0 Å². The van der Waals surface area contributed by atoms with Crippen molar-refractivity contribution >= 4 is 11.8 Å². The Morgan fingerprint density at radius 1 is 1.53 bits per heavy atom. The van der Waals surface area contributed by atoms with E-state index in [-0.39, 0.29) is 5.41 Å². The van der Waals surface area contributed by atoms with Gasteiger partial charge >= 0.3 is 0 Å². The van der Waals surface area contributed by atoms with E-state index >= 15 is 0 Å². The lowest BCUT2D eigenvalue weighted by Crippen LogP contribution is -2.39. The molecule has 1 heterocycles. The average molecular weight is 226 g/mol. The summed E-state index contributed by atoms with van der Waals surface area (Å²) in [5, 5.41) is 9.76. The van der Waals surface area contributed by atoms with Gasteiger partial charge < -0.3 is 4.90 Å². The Morgan fingerprint density at radius 3 is 2.87 bits per heavy atom. The van der Waals surface area contributed by atoms with Gasteiger partial charge in [0, 0.05) is 24.1 Å². The molecule has 1 aliphatic heterocycles. The summed E-state index contributed by atoms with van der Waals surface area (Å²) in [4.78, 5) is 2.52. The first-order valence-electron chi connectivity index (χ1n) is 5.82. The molecule has 86 valence electrons. The van der Waals surface area contributed by atoms with E-state index in [0.29, 0.717) is 0 Å². The first kappa shape index (κ1) is 12.9. The molecule has 0 N–H and O–H groups in total. The van der Waals surface area contributed by atoms with Crippen LogP contribution in [-0.4, -0.2) is 35.5 Å². The molecule has 1 fully saturated rings. The largest absolute Gasteiger partial charge is 0.301 e. The monoisotopic (exact) mass is 226 g/mol. The highest BCUT2D eigenvalue weighted by Gasteiger charge is 2.22. The van der Waals surface area contributed by atoms with Crippen molar-refractivity contribution in [2.75, 3.05) is 25.4 Å². The predicted octanol–water partition coefficient (Wildman–Crippen LogP) is 2.75. The Balaban J connectivity index is 2.30. The second-order valence-electron chi connectivity index (χ2n) is 4.95. The van der Waals surface area contributed by atoms with Crippen LogP contribution in [0.5, 0.6) is 0 Å². The zero-order valence-corrected chi connectivity index (χ0v) is 10.9. The normalized spacial score (nSPS) is 23.7. The molecule has 0 spiro atoms. The molecule has 0 aromatic heterocycles. The van der Waals surface area contributed by atoms with Crippen molar-refractivity contribution in [2.24, 2.45) is 5.41 Å². The number of nitriles is 1. The lowest BCUT2D eigenvalue weighted by Gasteiger charge is -2.33. The van der Waals surface area contributed by atoms with Crippen LogP contribution >= 0.6 is 11.8 Å². The van der Waals surface area contributed by atoms with Crippen molar-refractivity contribution in [1.29, 1.82) is 5.26 Å². The van der Waals surface area contributed by atoms with Gasteiger partial charge in [-0.1, -0.05) is 6.92 Å². The van der Waals surface area contributed by atoms with E-state index in [0.717, 1.165) is 18.2 Å². The zero-order chi connectivity index (χ0) is 11.3. The predicted molar refractivity (Wildman–Crippen MR) is 67.0 cm³/mol. The zero-order valence-electron chi connectivity index (χ0n) is 10.1. The van der Waals surface area contributed by atoms with Crippen LogP contribution in [0.2, 0.25) is 0 Å². The van der Waals surface area contributed by atoms with Crippen LogP contribution in [0.1, 0.15) is 33.6 Å². The number of thioether (sulfide) groups is 1. The van der Waals surface area contributed by atoms with Crippen molar-refractivity contribution < 1.29 is 0 Å². The van der Waals surface area contributed by atoms with E-state index in [1.165, 1.54) is 25.3 Å². The number of hydrogen-bond acceptors (Lipinski definition) is 3. The van der Waals surface area contributed by atoms with Gasteiger partial charge in [0.1, 0.15) is 0 Å². The summed E-state index contributed by atoms with van der Waals surface area (Å²) in [7, 11) is 0. The third-order valence-electron chi connectivity index (χ3n) is 3.03. The van der Waals surface area contributed by atoms with Gasteiger partial charge in [0.2, 0.25) is 0 Å². The molecule has 0 amide bonds. The molecule has 0 bridgehead atoms. The van der Waals surface area contributed by atoms with E-state index < -0.39 is 0 Å². The topological polar surface area (TPSA) is 27.0 Å². The first-order valence-corrected chi connectivity index (χ1v) is 6.87. The summed E-state index contributed by atoms with van der Waals surface area (Å²) >= 11 is 2.10. The van der Waals surface area contributed by atoms with Gasteiger partial charge in [-0.05, 0) is 33.2 Å². The molecule has 0 saturated carbocycles. The highest BCUT2D eigenvalue weighted by molar-refractivity contribution is 8.00. The maximum atomic E-state index is 8.95. The fourth-order valence-electron chi connectivity index (χ4n) is 1.72. The summed E-state index contributed by atoms with van der Waals surface area (Å²) in [6, 6.07) is 2.37. The third kappa shape index (κ3) is 4.44. The van der Waals surface area contributed by atoms with Crippen molar-refractivity contribution in [3.8, 4) is 6.07 Å². The van der Waals surface area contributed by atoms with E-state index in [1.54, 1.807) is 0 Å². The molecular formula is C12H22N2S. The van der Waals surface area contributed by atoms with E-state index in [1.807, 2.05) is 13.8 Å². The second kappa shape index (κ2) is 5.77. The highest BCUT2D eigenvalue weighted by Crippen LogP contribution is 2.24. The smallest absolute Gasteiger partial charge is 0.0684 e. The van der Waals surface area contributed by atoms with Crippen LogP contribution in [0, 0.1) is 16.7 Å². The molecule has 1 unspecified atom stereocenters. The minimum atomic E-state index is -0.160. The second-order valence-corrected chi connectivity index (χ2v) is 6.36. The van der Waals surface area contributed by atoms with Gasteiger partial charge in [-0.15, -0.1) is 0 Å². The fraction of sp³-hybridized carbons (Fsp3) is 0.917. The summed E-state index contributed by atoms with van der Waals surface area (Å²) in [6.07, 6.45) is 2.26. The van der Waals surface area contributed by atoms with Gasteiger partial charge in [-0.3, -0.25) is 0 Å². The quantitative estimate of drug-likeness (QED) is 0.737. The number of hydrogen-bond donors (Lipinski definition) is 0. The molecule has 1 atom stereocenters. The van der Waals surface area contributed by atoms with Crippen molar-refractivity contribution in [3.05, 3.63) is 0 Å².